The highest BCUT2D eigenvalue weighted by atomic mass is 16.5. The number of nitrogens with one attached hydrogen (secondary N) is 2. The SMILES string of the molecule is Cc1cccc(COc2ccc(NC(=O)CNCC3CC3)c(C)c2)c1. The summed E-state index contributed by atoms with van der Waals surface area (Å²) in [6.45, 7) is 5.90. The molecule has 4 nitrogen and oxygen atoms in total. The van der Waals surface area contributed by atoms with Crippen LogP contribution in [-0.4, -0.2) is 19.0 Å². The number of amides is 1. The Morgan fingerprint density at radius 2 is 2.00 bits per heavy atom. The van der Waals surface area contributed by atoms with Crippen molar-refractivity contribution in [3.63, 3.8) is 0 Å². The minimum Gasteiger partial charge on any atom is -0.489 e. The highest BCUT2D eigenvalue weighted by Crippen LogP contribution is 2.27. The lowest BCUT2D eigenvalue weighted by molar-refractivity contribution is -0.115. The molecule has 1 aliphatic rings. The molecule has 0 radical (unpaired) electrons. The van der Waals surface area contributed by atoms with Gasteiger partial charge in [0.15, 0.2) is 0 Å². The minimum atomic E-state index is -0.00261. The first kappa shape index (κ1) is 17.5. The van der Waals surface area contributed by atoms with Crippen molar-refractivity contribution in [3.05, 3.63) is 59.2 Å². The molecule has 2 aromatic carbocycles. The molecule has 2 N–H and O–H groups in total. The van der Waals surface area contributed by atoms with Crippen molar-refractivity contribution in [2.45, 2.75) is 33.3 Å². The van der Waals surface area contributed by atoms with Crippen LogP contribution >= 0.6 is 0 Å². The van der Waals surface area contributed by atoms with Gasteiger partial charge in [-0.2, -0.15) is 0 Å². The molecule has 3 rings (SSSR count). The van der Waals surface area contributed by atoms with E-state index in [1.807, 2.05) is 31.2 Å². The summed E-state index contributed by atoms with van der Waals surface area (Å²) in [5.74, 6) is 1.58. The first-order valence-corrected chi connectivity index (χ1v) is 8.90. The number of rotatable bonds is 8. The molecule has 0 heterocycles. The molecule has 0 atom stereocenters. The van der Waals surface area contributed by atoms with Gasteiger partial charge in [0.2, 0.25) is 5.91 Å². The summed E-state index contributed by atoms with van der Waals surface area (Å²) in [4.78, 5) is 12.0. The van der Waals surface area contributed by atoms with E-state index in [2.05, 4.69) is 35.8 Å². The van der Waals surface area contributed by atoms with Crippen molar-refractivity contribution in [2.75, 3.05) is 18.4 Å². The predicted molar refractivity (Wildman–Crippen MR) is 101 cm³/mol. The average molecular weight is 338 g/mol. The van der Waals surface area contributed by atoms with Gasteiger partial charge >= 0.3 is 0 Å². The Morgan fingerprint density at radius 1 is 1.16 bits per heavy atom. The molecular weight excluding hydrogens is 312 g/mol. The molecule has 4 heteroatoms. The third-order valence-electron chi connectivity index (χ3n) is 4.38. The Kier molecular flexibility index (Phi) is 5.71. The zero-order chi connectivity index (χ0) is 17.6. The van der Waals surface area contributed by atoms with Crippen LogP contribution in [-0.2, 0) is 11.4 Å². The van der Waals surface area contributed by atoms with E-state index in [-0.39, 0.29) is 5.91 Å². The molecule has 0 unspecified atom stereocenters. The number of aryl methyl sites for hydroxylation is 2. The molecule has 1 fully saturated rings. The van der Waals surface area contributed by atoms with E-state index in [9.17, 15) is 4.79 Å². The molecule has 25 heavy (non-hydrogen) atoms. The van der Waals surface area contributed by atoms with Crippen molar-refractivity contribution in [1.29, 1.82) is 0 Å². The van der Waals surface area contributed by atoms with Crippen LogP contribution in [0.5, 0.6) is 5.75 Å². The number of carbonyl (C=O) groups is 1. The molecule has 1 amide bonds. The van der Waals surface area contributed by atoms with Crippen molar-refractivity contribution in [3.8, 4) is 5.75 Å². The molecular formula is C21H26N2O2. The van der Waals surface area contributed by atoms with Gasteiger partial charge in [-0.1, -0.05) is 29.8 Å². The lowest BCUT2D eigenvalue weighted by Crippen LogP contribution is -2.29. The summed E-state index contributed by atoms with van der Waals surface area (Å²) in [6.07, 6.45) is 2.58. The molecule has 1 aliphatic carbocycles. The quantitative estimate of drug-likeness (QED) is 0.769. The van der Waals surface area contributed by atoms with Gasteiger partial charge in [-0.25, -0.2) is 0 Å². The summed E-state index contributed by atoms with van der Waals surface area (Å²) in [7, 11) is 0. The van der Waals surface area contributed by atoms with Gasteiger partial charge in [0.25, 0.3) is 0 Å². The van der Waals surface area contributed by atoms with E-state index in [1.54, 1.807) is 0 Å². The lowest BCUT2D eigenvalue weighted by Gasteiger charge is -2.12. The Labute approximate surface area is 149 Å². The zero-order valence-electron chi connectivity index (χ0n) is 15.0. The first-order chi connectivity index (χ1) is 12.1. The molecule has 0 aliphatic heterocycles. The number of benzene rings is 2. The van der Waals surface area contributed by atoms with E-state index < -0.39 is 0 Å². The predicted octanol–water partition coefficient (Wildman–Crippen LogP) is 3.82. The standard InChI is InChI=1S/C21H26N2O2/c1-15-4-3-5-18(10-15)14-25-19-8-9-20(16(2)11-19)23-21(24)13-22-12-17-6-7-17/h3-5,8-11,17,22H,6-7,12-14H2,1-2H3,(H,23,24). The minimum absolute atomic E-state index is 0.00261. The molecule has 0 bridgehead atoms. The van der Waals surface area contributed by atoms with E-state index in [0.717, 1.165) is 35.0 Å². The molecule has 0 spiro atoms. The van der Waals surface area contributed by atoms with E-state index in [1.165, 1.54) is 18.4 Å². The van der Waals surface area contributed by atoms with Crippen molar-refractivity contribution in [2.24, 2.45) is 5.92 Å². The maximum atomic E-state index is 12.0. The second kappa shape index (κ2) is 8.17. The smallest absolute Gasteiger partial charge is 0.238 e. The highest BCUT2D eigenvalue weighted by molar-refractivity contribution is 5.93. The topological polar surface area (TPSA) is 50.4 Å². The fourth-order valence-corrected chi connectivity index (χ4v) is 2.74. The van der Waals surface area contributed by atoms with Crippen molar-refractivity contribution >= 4 is 11.6 Å². The van der Waals surface area contributed by atoms with Gasteiger partial charge in [0, 0.05) is 5.69 Å². The normalized spacial score (nSPS) is 13.5. The highest BCUT2D eigenvalue weighted by Gasteiger charge is 2.20. The van der Waals surface area contributed by atoms with Gasteiger partial charge < -0.3 is 15.4 Å². The maximum Gasteiger partial charge on any atom is 0.238 e. The summed E-state index contributed by atoms with van der Waals surface area (Å²) >= 11 is 0. The lowest BCUT2D eigenvalue weighted by atomic mass is 10.1. The van der Waals surface area contributed by atoms with Crippen LogP contribution in [0, 0.1) is 19.8 Å². The largest absolute Gasteiger partial charge is 0.489 e. The molecule has 132 valence electrons. The number of ether oxygens (including phenoxy) is 1. The van der Waals surface area contributed by atoms with Crippen LogP contribution in [0.15, 0.2) is 42.5 Å². The monoisotopic (exact) mass is 338 g/mol. The summed E-state index contributed by atoms with van der Waals surface area (Å²) < 4.78 is 5.86. The Balaban J connectivity index is 1.50. The number of carbonyl (C=O) groups excluding carboxylic acids is 1. The number of anilines is 1. The number of hydrogen-bond acceptors (Lipinski definition) is 3. The summed E-state index contributed by atoms with van der Waals surface area (Å²) in [6, 6.07) is 14.1. The van der Waals surface area contributed by atoms with Crippen LogP contribution in [0.1, 0.15) is 29.5 Å². The summed E-state index contributed by atoms with van der Waals surface area (Å²) in [5, 5.41) is 6.16. The van der Waals surface area contributed by atoms with Crippen molar-refractivity contribution in [1.82, 2.24) is 5.32 Å². The van der Waals surface area contributed by atoms with Crippen LogP contribution in [0.2, 0.25) is 0 Å². The summed E-state index contributed by atoms with van der Waals surface area (Å²) in [5.41, 5.74) is 4.21. The van der Waals surface area contributed by atoms with Crippen molar-refractivity contribution < 1.29 is 9.53 Å². The zero-order valence-corrected chi connectivity index (χ0v) is 15.0. The van der Waals surface area contributed by atoms with Crippen LogP contribution in [0.3, 0.4) is 0 Å². The van der Waals surface area contributed by atoms with Gasteiger partial charge in [0.05, 0.1) is 6.54 Å². The fourth-order valence-electron chi connectivity index (χ4n) is 2.74. The second-order valence-corrected chi connectivity index (χ2v) is 6.88. The van der Waals surface area contributed by atoms with Gasteiger partial charge in [0.1, 0.15) is 12.4 Å². The van der Waals surface area contributed by atoms with Gasteiger partial charge in [-0.3, -0.25) is 4.79 Å². The fraction of sp³-hybridized carbons (Fsp3) is 0.381. The van der Waals surface area contributed by atoms with Crippen LogP contribution in [0.4, 0.5) is 5.69 Å². The third-order valence-corrected chi connectivity index (χ3v) is 4.38. The third kappa shape index (κ3) is 5.61. The molecule has 0 aromatic heterocycles. The number of hydrogen-bond donors (Lipinski definition) is 2. The average Bonchev–Trinajstić information content (AvgIpc) is 3.40. The van der Waals surface area contributed by atoms with Gasteiger partial charge in [-0.05, 0) is 68.5 Å². The maximum absolute atomic E-state index is 12.0. The Morgan fingerprint density at radius 3 is 2.72 bits per heavy atom. The van der Waals surface area contributed by atoms with E-state index in [0.29, 0.717) is 13.2 Å². The first-order valence-electron chi connectivity index (χ1n) is 8.90. The second-order valence-electron chi connectivity index (χ2n) is 6.88. The molecule has 0 saturated heterocycles. The Hall–Kier alpha value is -2.33. The van der Waals surface area contributed by atoms with Gasteiger partial charge in [-0.15, -0.1) is 0 Å². The van der Waals surface area contributed by atoms with E-state index in [4.69, 9.17) is 4.74 Å². The van der Waals surface area contributed by atoms with Crippen LogP contribution in [0.25, 0.3) is 0 Å². The Bertz CT molecular complexity index is 738. The van der Waals surface area contributed by atoms with Crippen LogP contribution < -0.4 is 15.4 Å². The molecule has 1 saturated carbocycles. The van der Waals surface area contributed by atoms with E-state index >= 15 is 0 Å². The molecule has 2 aromatic rings.